The second kappa shape index (κ2) is 14.5. The SMILES string of the molecule is O=C(O[C@@H](Cc1c(Cl)c[n+]([O-])cc1Cl)c1ccc(OC(F)F)c(OCC2CC2)c1)[C@@H]1CCCCN1S(=O)(=O)c1ccc([N+](=O)[O-])cc1. The summed E-state index contributed by atoms with van der Waals surface area (Å²) >= 11 is 12.7. The van der Waals surface area contributed by atoms with Crippen molar-refractivity contribution in [2.24, 2.45) is 5.92 Å². The molecule has 0 spiro atoms. The first kappa shape index (κ1) is 34.5. The van der Waals surface area contributed by atoms with Crippen molar-refractivity contribution < 1.29 is 45.9 Å². The minimum absolute atomic E-state index is 0.0115. The highest BCUT2D eigenvalue weighted by molar-refractivity contribution is 7.89. The number of non-ortho nitro benzene ring substituents is 1. The molecule has 47 heavy (non-hydrogen) atoms. The summed E-state index contributed by atoms with van der Waals surface area (Å²) in [5.74, 6) is -0.887. The average molecular weight is 717 g/mol. The van der Waals surface area contributed by atoms with Crippen LogP contribution in [0.2, 0.25) is 10.0 Å². The molecule has 5 rings (SSSR count). The number of hydrogen-bond acceptors (Lipinski definition) is 9. The van der Waals surface area contributed by atoms with E-state index in [1.165, 1.54) is 18.2 Å². The van der Waals surface area contributed by atoms with Crippen molar-refractivity contribution in [3.8, 4) is 11.5 Å². The third-order valence-corrected chi connectivity index (χ3v) is 10.4. The number of halogens is 4. The Labute approximate surface area is 278 Å². The number of sulfonamides is 1. The third kappa shape index (κ3) is 8.39. The highest BCUT2D eigenvalue weighted by atomic mass is 35.5. The molecular formula is C30H29Cl2F2N3O9S. The van der Waals surface area contributed by atoms with Crippen LogP contribution in [0.1, 0.15) is 49.3 Å². The van der Waals surface area contributed by atoms with Gasteiger partial charge in [-0.2, -0.15) is 17.8 Å². The molecule has 1 aromatic heterocycles. The number of esters is 1. The Kier molecular flexibility index (Phi) is 10.7. The van der Waals surface area contributed by atoms with Crippen molar-refractivity contribution in [3.63, 3.8) is 0 Å². The second-order valence-electron chi connectivity index (χ2n) is 11.1. The van der Waals surface area contributed by atoms with Crippen LogP contribution in [0.15, 0.2) is 59.8 Å². The molecule has 3 aromatic rings. The van der Waals surface area contributed by atoms with E-state index in [1.807, 2.05) is 0 Å². The standard InChI is InChI=1S/C30H29Cl2F2N3O9S/c31-23-15-35(39)16-24(32)22(23)14-27(19-6-11-26(46-30(33)34)28(13-19)44-17-18-4-5-18)45-29(38)25-3-1-2-12-36(25)47(42,43)21-9-7-20(8-10-21)37(40)41/h6-11,13,15-16,18,25,27,30H,1-5,12,14,17H2/t25-,27-/m0/s1. The maximum Gasteiger partial charge on any atom is 0.387 e. The molecule has 1 aliphatic carbocycles. The molecule has 0 unspecified atom stereocenters. The molecular weight excluding hydrogens is 687 g/mol. The van der Waals surface area contributed by atoms with E-state index in [-0.39, 0.29) is 75.2 Å². The van der Waals surface area contributed by atoms with Gasteiger partial charge in [-0.05, 0) is 67.9 Å². The van der Waals surface area contributed by atoms with Gasteiger partial charge in [0.25, 0.3) is 5.69 Å². The monoisotopic (exact) mass is 715 g/mol. The summed E-state index contributed by atoms with van der Waals surface area (Å²) < 4.78 is 71.5. The number of nitro benzene ring substituents is 1. The number of rotatable bonds is 13. The van der Waals surface area contributed by atoms with Crippen LogP contribution in [0.5, 0.6) is 11.5 Å². The lowest BCUT2D eigenvalue weighted by atomic mass is 10.0. The zero-order valence-electron chi connectivity index (χ0n) is 24.6. The van der Waals surface area contributed by atoms with Gasteiger partial charge in [0, 0.05) is 30.7 Å². The molecule has 2 aliphatic rings. The van der Waals surface area contributed by atoms with Gasteiger partial charge in [-0.15, -0.1) is 0 Å². The molecule has 2 atom stereocenters. The van der Waals surface area contributed by atoms with Gasteiger partial charge in [-0.3, -0.25) is 14.9 Å². The topological polar surface area (TPSA) is 152 Å². The Morgan fingerprint density at radius 2 is 1.72 bits per heavy atom. The lowest BCUT2D eigenvalue weighted by Crippen LogP contribution is -2.48. The molecule has 0 radical (unpaired) electrons. The number of aromatic nitrogens is 1. The molecule has 0 amide bonds. The van der Waals surface area contributed by atoms with E-state index in [0.717, 1.165) is 53.8 Å². The van der Waals surface area contributed by atoms with Crippen molar-refractivity contribution in [3.05, 3.63) is 91.4 Å². The summed E-state index contributed by atoms with van der Waals surface area (Å²) in [6, 6.07) is 7.09. The number of hydrogen-bond donors (Lipinski definition) is 0. The van der Waals surface area contributed by atoms with Crippen LogP contribution in [-0.4, -0.2) is 49.4 Å². The largest absolute Gasteiger partial charge is 0.619 e. The minimum atomic E-state index is -4.29. The highest BCUT2D eigenvalue weighted by Crippen LogP contribution is 2.38. The lowest BCUT2D eigenvalue weighted by Gasteiger charge is -2.34. The summed E-state index contributed by atoms with van der Waals surface area (Å²) in [7, 11) is -4.29. The predicted octanol–water partition coefficient (Wildman–Crippen LogP) is 6.00. The summed E-state index contributed by atoms with van der Waals surface area (Å²) in [4.78, 5) is 24.0. The van der Waals surface area contributed by atoms with E-state index < -0.39 is 39.7 Å². The maximum atomic E-state index is 13.9. The van der Waals surface area contributed by atoms with Gasteiger partial charge in [0.15, 0.2) is 23.9 Å². The van der Waals surface area contributed by atoms with Crippen LogP contribution >= 0.6 is 23.2 Å². The van der Waals surface area contributed by atoms with E-state index >= 15 is 0 Å². The fourth-order valence-electron chi connectivity index (χ4n) is 5.18. The summed E-state index contributed by atoms with van der Waals surface area (Å²) in [5, 5.41) is 22.9. The first-order valence-corrected chi connectivity index (χ1v) is 16.8. The van der Waals surface area contributed by atoms with Crippen molar-refractivity contribution in [2.75, 3.05) is 13.2 Å². The summed E-state index contributed by atoms with van der Waals surface area (Å²) in [6.45, 7) is -2.89. The molecule has 2 heterocycles. The van der Waals surface area contributed by atoms with Gasteiger partial charge in [-0.25, -0.2) is 8.42 Å². The Bertz CT molecular complexity index is 1720. The molecule has 252 valence electrons. The lowest BCUT2D eigenvalue weighted by molar-refractivity contribution is -0.605. The number of ether oxygens (including phenoxy) is 3. The number of pyridine rings is 1. The van der Waals surface area contributed by atoms with E-state index in [2.05, 4.69) is 4.74 Å². The van der Waals surface area contributed by atoms with Gasteiger partial charge in [0.2, 0.25) is 10.0 Å². The number of piperidine rings is 1. The van der Waals surface area contributed by atoms with E-state index in [0.29, 0.717) is 17.6 Å². The predicted molar refractivity (Wildman–Crippen MR) is 164 cm³/mol. The zero-order valence-corrected chi connectivity index (χ0v) is 26.9. The molecule has 1 saturated carbocycles. The second-order valence-corrected chi connectivity index (χ2v) is 13.8. The number of nitro groups is 1. The van der Waals surface area contributed by atoms with E-state index in [1.54, 1.807) is 0 Å². The Morgan fingerprint density at radius 3 is 2.34 bits per heavy atom. The van der Waals surface area contributed by atoms with Crippen LogP contribution in [0, 0.1) is 21.2 Å². The number of benzene rings is 2. The molecule has 17 heteroatoms. The van der Waals surface area contributed by atoms with Crippen LogP contribution in [0.25, 0.3) is 0 Å². The molecule has 0 N–H and O–H groups in total. The molecule has 1 aliphatic heterocycles. The van der Waals surface area contributed by atoms with Gasteiger partial charge in [0.05, 0.1) is 16.4 Å². The van der Waals surface area contributed by atoms with Crippen molar-refractivity contribution in [2.45, 2.75) is 62.2 Å². The van der Waals surface area contributed by atoms with Crippen molar-refractivity contribution in [1.29, 1.82) is 0 Å². The van der Waals surface area contributed by atoms with Gasteiger partial charge < -0.3 is 19.4 Å². The zero-order chi connectivity index (χ0) is 33.9. The first-order chi connectivity index (χ1) is 22.3. The molecule has 1 saturated heterocycles. The quantitative estimate of drug-likeness (QED) is 0.0682. The van der Waals surface area contributed by atoms with E-state index in [9.17, 15) is 37.3 Å². The van der Waals surface area contributed by atoms with E-state index in [4.69, 9.17) is 32.7 Å². The fourth-order valence-corrected chi connectivity index (χ4v) is 7.43. The van der Waals surface area contributed by atoms with Crippen LogP contribution in [0.4, 0.5) is 14.5 Å². The number of alkyl halides is 2. The Balaban J connectivity index is 1.48. The smallest absolute Gasteiger partial charge is 0.387 e. The van der Waals surface area contributed by atoms with Crippen molar-refractivity contribution in [1.82, 2.24) is 4.31 Å². The molecule has 12 nitrogen and oxygen atoms in total. The fraction of sp³-hybridized carbons (Fsp3) is 0.400. The van der Waals surface area contributed by atoms with Crippen molar-refractivity contribution >= 4 is 44.9 Å². The highest BCUT2D eigenvalue weighted by Gasteiger charge is 2.40. The van der Waals surface area contributed by atoms with Crippen LogP contribution in [-0.2, 0) is 26.0 Å². The normalized spacial score (nSPS) is 17.7. The first-order valence-electron chi connectivity index (χ1n) is 14.6. The van der Waals surface area contributed by atoms with Gasteiger partial charge in [-0.1, -0.05) is 29.3 Å². The summed E-state index contributed by atoms with van der Waals surface area (Å²) in [5.41, 5.74) is 0.218. The average Bonchev–Trinajstić information content (AvgIpc) is 3.86. The third-order valence-electron chi connectivity index (χ3n) is 7.81. The Hall–Kier alpha value is -3.79. The Morgan fingerprint density at radius 1 is 1.04 bits per heavy atom. The minimum Gasteiger partial charge on any atom is -0.619 e. The van der Waals surface area contributed by atoms with Gasteiger partial charge >= 0.3 is 12.6 Å². The maximum absolute atomic E-state index is 13.9. The van der Waals surface area contributed by atoms with Gasteiger partial charge in [0.1, 0.15) is 22.2 Å². The van der Waals surface area contributed by atoms with Crippen LogP contribution < -0.4 is 14.2 Å². The molecule has 0 bridgehead atoms. The molecule has 2 aromatic carbocycles. The number of carbonyl (C=O) groups excluding carboxylic acids is 1. The summed E-state index contributed by atoms with van der Waals surface area (Å²) in [6.07, 6.45) is 3.69. The number of nitrogens with zero attached hydrogens (tertiary/aromatic N) is 3. The number of carbonyl (C=O) groups is 1. The molecule has 2 fully saturated rings. The van der Waals surface area contributed by atoms with Crippen LogP contribution in [0.3, 0.4) is 0 Å².